The number of rotatable bonds is 8. The van der Waals surface area contributed by atoms with Crippen molar-refractivity contribution in [3.8, 4) is 0 Å². The third kappa shape index (κ3) is 6.29. The van der Waals surface area contributed by atoms with Gasteiger partial charge in [-0.05, 0) is 12.8 Å². The number of carbonyl (C=O) groups is 3. The van der Waals surface area contributed by atoms with Gasteiger partial charge in [0.05, 0.1) is 13.7 Å². The van der Waals surface area contributed by atoms with E-state index >= 15 is 0 Å². The normalized spacial score (nSPS) is 15.9. The van der Waals surface area contributed by atoms with Gasteiger partial charge in [-0.1, -0.05) is 19.3 Å². The molecule has 0 unspecified atom stereocenters. The Morgan fingerprint density at radius 2 is 1.71 bits per heavy atom. The number of nitrogens with one attached hydrogen (secondary N) is 2. The molecule has 0 spiro atoms. The Hall–Kier alpha value is -1.93. The monoisotopic (exact) mass is 342 g/mol. The van der Waals surface area contributed by atoms with Crippen molar-refractivity contribution in [1.29, 1.82) is 0 Å². The van der Waals surface area contributed by atoms with E-state index in [0.717, 1.165) is 38.3 Å². The average Bonchev–Trinajstić information content (AvgIpc) is 2.62. The molecular weight excluding hydrogens is 316 g/mol. The van der Waals surface area contributed by atoms with Gasteiger partial charge in [0.25, 0.3) is 5.91 Å². The Kier molecular flexibility index (Phi) is 9.03. The molecule has 1 fully saturated rings. The summed E-state index contributed by atoms with van der Waals surface area (Å²) in [5.41, 5.74) is -0.285. The van der Waals surface area contributed by atoms with Crippen LogP contribution in [0.3, 0.4) is 0 Å². The highest BCUT2D eigenvalue weighted by molar-refractivity contribution is 6.16. The lowest BCUT2D eigenvalue weighted by atomic mass is 9.89. The first kappa shape index (κ1) is 20.1. The molecule has 8 heteroatoms. The molecule has 0 atom stereocenters. The topological polar surface area (TPSA) is 103 Å². The van der Waals surface area contributed by atoms with E-state index in [2.05, 4.69) is 15.4 Å². The molecule has 2 amide bonds. The van der Waals surface area contributed by atoms with Gasteiger partial charge in [0.1, 0.15) is 5.57 Å². The average molecular weight is 342 g/mol. The fraction of sp³-hybridized carbons (Fsp3) is 0.688. The summed E-state index contributed by atoms with van der Waals surface area (Å²) in [6, 6.07) is 0. The molecule has 1 saturated carbocycles. The third-order valence-corrected chi connectivity index (χ3v) is 3.94. The second kappa shape index (κ2) is 10.8. The molecule has 1 rings (SSSR count). The quantitative estimate of drug-likeness (QED) is 0.219. The van der Waals surface area contributed by atoms with E-state index in [9.17, 15) is 14.4 Å². The second-order valence-electron chi connectivity index (χ2n) is 5.50. The van der Waals surface area contributed by atoms with E-state index in [1.54, 1.807) is 0 Å². The van der Waals surface area contributed by atoms with Crippen LogP contribution in [-0.2, 0) is 28.6 Å². The van der Waals surface area contributed by atoms with Gasteiger partial charge in [-0.3, -0.25) is 9.59 Å². The van der Waals surface area contributed by atoms with Crippen LogP contribution in [0.4, 0.5) is 0 Å². The van der Waals surface area contributed by atoms with Crippen LogP contribution in [0, 0.1) is 5.92 Å². The predicted octanol–water partition coefficient (Wildman–Crippen LogP) is 0.475. The molecule has 136 valence electrons. The molecule has 8 nitrogen and oxygen atoms in total. The van der Waals surface area contributed by atoms with E-state index in [1.807, 2.05) is 0 Å². The number of ether oxygens (including phenoxy) is 3. The van der Waals surface area contributed by atoms with Gasteiger partial charge in [0, 0.05) is 26.3 Å². The molecule has 0 heterocycles. The van der Waals surface area contributed by atoms with Crippen LogP contribution in [0.25, 0.3) is 0 Å². The maximum atomic E-state index is 12.1. The van der Waals surface area contributed by atoms with Crippen molar-refractivity contribution in [2.45, 2.75) is 38.4 Å². The zero-order chi connectivity index (χ0) is 17.9. The first-order chi connectivity index (χ1) is 11.5. The van der Waals surface area contributed by atoms with Crippen LogP contribution < -0.4 is 10.6 Å². The van der Waals surface area contributed by atoms with Crippen molar-refractivity contribution in [3.05, 3.63) is 11.8 Å². The fourth-order valence-electron chi connectivity index (χ4n) is 2.49. The first-order valence-corrected chi connectivity index (χ1v) is 7.96. The molecule has 1 aliphatic rings. The maximum Gasteiger partial charge on any atom is 0.344 e. The SMILES string of the molecule is COC(=O)/C(=C/NC(=O)C1CCCCC1)C(=O)NCC(OC)OC. The van der Waals surface area contributed by atoms with Crippen LogP contribution in [-0.4, -0.2) is 51.9 Å². The van der Waals surface area contributed by atoms with Crippen molar-refractivity contribution in [3.63, 3.8) is 0 Å². The van der Waals surface area contributed by atoms with Gasteiger partial charge in [-0.2, -0.15) is 0 Å². The lowest BCUT2D eigenvalue weighted by molar-refractivity contribution is -0.139. The van der Waals surface area contributed by atoms with E-state index in [-0.39, 0.29) is 23.9 Å². The predicted molar refractivity (Wildman–Crippen MR) is 85.6 cm³/mol. The number of hydrogen-bond donors (Lipinski definition) is 2. The molecule has 0 aromatic heterocycles. The smallest absolute Gasteiger partial charge is 0.344 e. The van der Waals surface area contributed by atoms with Crippen molar-refractivity contribution in [2.24, 2.45) is 5.92 Å². The zero-order valence-electron chi connectivity index (χ0n) is 14.4. The van der Waals surface area contributed by atoms with Crippen molar-refractivity contribution in [1.82, 2.24) is 10.6 Å². The van der Waals surface area contributed by atoms with Crippen molar-refractivity contribution >= 4 is 17.8 Å². The first-order valence-electron chi connectivity index (χ1n) is 7.96. The Morgan fingerprint density at radius 3 is 2.25 bits per heavy atom. The summed E-state index contributed by atoms with van der Waals surface area (Å²) in [5, 5.41) is 5.03. The van der Waals surface area contributed by atoms with E-state index in [1.165, 1.54) is 21.3 Å². The Balaban J connectivity index is 2.67. The second-order valence-corrected chi connectivity index (χ2v) is 5.50. The Bertz CT molecular complexity index is 467. The molecule has 0 saturated heterocycles. The summed E-state index contributed by atoms with van der Waals surface area (Å²) in [6.07, 6.45) is 5.28. The lowest BCUT2D eigenvalue weighted by Gasteiger charge is -2.20. The van der Waals surface area contributed by atoms with Crippen LogP contribution in [0.5, 0.6) is 0 Å². The summed E-state index contributed by atoms with van der Waals surface area (Å²) >= 11 is 0. The number of methoxy groups -OCH3 is 3. The number of carbonyl (C=O) groups excluding carboxylic acids is 3. The molecule has 0 bridgehead atoms. The molecule has 24 heavy (non-hydrogen) atoms. The molecular formula is C16H26N2O6. The standard InChI is InChI=1S/C16H26N2O6/c1-22-13(23-2)10-18-15(20)12(16(21)24-3)9-17-14(19)11-7-5-4-6-8-11/h9,11,13H,4-8,10H2,1-3H3,(H,17,19)(H,18,20)/b12-9+. The highest BCUT2D eigenvalue weighted by atomic mass is 16.7. The third-order valence-electron chi connectivity index (χ3n) is 3.94. The van der Waals surface area contributed by atoms with E-state index in [0.29, 0.717) is 0 Å². The van der Waals surface area contributed by atoms with E-state index in [4.69, 9.17) is 9.47 Å². The van der Waals surface area contributed by atoms with E-state index < -0.39 is 18.2 Å². The highest BCUT2D eigenvalue weighted by Crippen LogP contribution is 2.23. The minimum Gasteiger partial charge on any atom is -0.465 e. The minimum atomic E-state index is -0.831. The van der Waals surface area contributed by atoms with Crippen LogP contribution >= 0.6 is 0 Å². The van der Waals surface area contributed by atoms with Gasteiger partial charge < -0.3 is 24.8 Å². The van der Waals surface area contributed by atoms with Gasteiger partial charge in [-0.25, -0.2) is 4.79 Å². The van der Waals surface area contributed by atoms with Crippen LogP contribution in [0.2, 0.25) is 0 Å². The molecule has 1 aliphatic carbocycles. The summed E-state index contributed by atoms with van der Waals surface area (Å²) in [4.78, 5) is 36.0. The fourth-order valence-corrected chi connectivity index (χ4v) is 2.49. The Labute approximate surface area is 141 Å². The van der Waals surface area contributed by atoms with Crippen LogP contribution in [0.1, 0.15) is 32.1 Å². The zero-order valence-corrected chi connectivity index (χ0v) is 14.4. The summed E-state index contributed by atoms with van der Waals surface area (Å²) in [6.45, 7) is 0.0523. The molecule has 0 aromatic carbocycles. The number of amides is 2. The summed E-state index contributed by atoms with van der Waals surface area (Å²) in [7, 11) is 4.03. The van der Waals surface area contributed by atoms with Gasteiger partial charge >= 0.3 is 5.97 Å². The Morgan fingerprint density at radius 1 is 1.08 bits per heavy atom. The lowest BCUT2D eigenvalue weighted by Crippen LogP contribution is -2.38. The minimum absolute atomic E-state index is 0.0523. The summed E-state index contributed by atoms with van der Waals surface area (Å²) in [5.74, 6) is -1.77. The number of esters is 1. The molecule has 2 N–H and O–H groups in total. The highest BCUT2D eigenvalue weighted by Gasteiger charge is 2.23. The van der Waals surface area contributed by atoms with Gasteiger partial charge in [-0.15, -0.1) is 0 Å². The molecule has 0 radical (unpaired) electrons. The maximum absolute atomic E-state index is 12.1. The summed E-state index contributed by atoms with van der Waals surface area (Å²) < 4.78 is 14.5. The largest absolute Gasteiger partial charge is 0.465 e. The van der Waals surface area contributed by atoms with Crippen molar-refractivity contribution in [2.75, 3.05) is 27.9 Å². The van der Waals surface area contributed by atoms with Gasteiger partial charge in [0.15, 0.2) is 6.29 Å². The molecule has 0 aliphatic heterocycles. The number of hydrogen-bond acceptors (Lipinski definition) is 6. The van der Waals surface area contributed by atoms with Crippen LogP contribution in [0.15, 0.2) is 11.8 Å². The molecule has 0 aromatic rings. The van der Waals surface area contributed by atoms with Gasteiger partial charge in [0.2, 0.25) is 5.91 Å². The van der Waals surface area contributed by atoms with Crippen molar-refractivity contribution < 1.29 is 28.6 Å².